The number of carbonyl (C=O) groups excluding carboxylic acids is 1. The Morgan fingerprint density at radius 3 is 2.46 bits per heavy atom. The first-order valence-corrected chi connectivity index (χ1v) is 11.4. The highest BCUT2D eigenvalue weighted by molar-refractivity contribution is 7.99. The van der Waals surface area contributed by atoms with E-state index in [4.69, 9.17) is 0 Å². The first kappa shape index (κ1) is 21.1. The van der Waals surface area contributed by atoms with E-state index in [0.717, 1.165) is 11.3 Å². The summed E-state index contributed by atoms with van der Waals surface area (Å²) >= 11 is 2.43. The van der Waals surface area contributed by atoms with Crippen LogP contribution in [0.4, 0.5) is 23.2 Å². The van der Waals surface area contributed by atoms with Crippen molar-refractivity contribution < 1.29 is 30.8 Å². The number of anilines is 1. The van der Waals surface area contributed by atoms with Crippen LogP contribution in [0.25, 0.3) is 0 Å². The Morgan fingerprint density at radius 2 is 1.82 bits per heavy atom. The van der Waals surface area contributed by atoms with Gasteiger partial charge in [0, 0.05) is 24.6 Å². The number of thioether (sulfide) groups is 1. The molecule has 1 fully saturated rings. The van der Waals surface area contributed by atoms with Crippen LogP contribution >= 0.6 is 23.1 Å². The second-order valence-corrected chi connectivity index (χ2v) is 9.82. The van der Waals surface area contributed by atoms with Crippen molar-refractivity contribution in [2.45, 2.75) is 11.1 Å². The number of nitrogens with zero attached hydrogens (tertiary/aromatic N) is 1. The van der Waals surface area contributed by atoms with Gasteiger partial charge < -0.3 is 5.32 Å². The lowest BCUT2D eigenvalue weighted by atomic mass is 10.2. The second-order valence-electron chi connectivity index (χ2n) is 5.78. The molecule has 0 atom stereocenters. The lowest BCUT2D eigenvalue weighted by molar-refractivity contribution is -0.137. The molecule has 28 heavy (non-hydrogen) atoms. The molecule has 0 saturated carbocycles. The number of carbonyl (C=O) groups is 1. The molecule has 0 unspecified atom stereocenters. The van der Waals surface area contributed by atoms with E-state index in [1.54, 1.807) is 11.8 Å². The normalized spacial score (nSPS) is 16.1. The highest BCUT2D eigenvalue weighted by Crippen LogP contribution is 2.33. The van der Waals surface area contributed by atoms with Gasteiger partial charge in [0.1, 0.15) is 15.6 Å². The second kappa shape index (κ2) is 8.01. The van der Waals surface area contributed by atoms with Crippen molar-refractivity contribution in [1.29, 1.82) is 0 Å². The molecular weight excluding hydrogens is 440 g/mol. The fourth-order valence-electron chi connectivity index (χ4n) is 2.57. The average molecular weight is 454 g/mol. The van der Waals surface area contributed by atoms with Crippen LogP contribution in [-0.2, 0) is 16.2 Å². The number of hydrogen-bond acceptors (Lipinski definition) is 5. The molecule has 0 bridgehead atoms. The van der Waals surface area contributed by atoms with Crippen molar-refractivity contribution in [1.82, 2.24) is 4.31 Å². The summed E-state index contributed by atoms with van der Waals surface area (Å²) in [6.45, 7) is 0.596. The van der Waals surface area contributed by atoms with Crippen molar-refractivity contribution in [3.63, 3.8) is 0 Å². The van der Waals surface area contributed by atoms with Gasteiger partial charge >= 0.3 is 6.18 Å². The van der Waals surface area contributed by atoms with Crippen LogP contribution in [0.2, 0.25) is 0 Å². The maximum Gasteiger partial charge on any atom is 0.416 e. The molecule has 1 saturated heterocycles. The maximum absolute atomic E-state index is 13.9. The van der Waals surface area contributed by atoms with Crippen LogP contribution in [0.15, 0.2) is 34.5 Å². The Labute approximate surface area is 166 Å². The van der Waals surface area contributed by atoms with Gasteiger partial charge in [0.05, 0.1) is 11.3 Å². The molecule has 2 heterocycles. The minimum absolute atomic E-state index is 0.213. The molecule has 5 nitrogen and oxygen atoms in total. The van der Waals surface area contributed by atoms with E-state index >= 15 is 0 Å². The standard InChI is InChI=1S/C16H14F4N2O3S3/c17-11-2-1-10(16(18,19)20)9-12(11)21-15(23)14-13(3-6-27-14)28(24,25)22-4-7-26-8-5-22/h1-3,6,9H,4-5,7-8H2,(H,21,23). The summed E-state index contributed by atoms with van der Waals surface area (Å²) in [7, 11) is -3.93. The predicted molar refractivity (Wildman–Crippen MR) is 99.8 cm³/mol. The van der Waals surface area contributed by atoms with Gasteiger partial charge in [-0.2, -0.15) is 29.2 Å². The molecule has 1 amide bonds. The average Bonchev–Trinajstić information content (AvgIpc) is 3.14. The van der Waals surface area contributed by atoms with E-state index < -0.39 is 39.2 Å². The Bertz CT molecular complexity index is 983. The SMILES string of the molecule is O=C(Nc1cc(C(F)(F)F)ccc1F)c1sccc1S(=O)(=O)N1CCSCC1. The van der Waals surface area contributed by atoms with Crippen molar-refractivity contribution in [2.75, 3.05) is 29.9 Å². The summed E-state index contributed by atoms with van der Waals surface area (Å²) < 4.78 is 79.2. The molecule has 1 aromatic heterocycles. The molecule has 0 spiro atoms. The number of hydrogen-bond donors (Lipinski definition) is 1. The van der Waals surface area contributed by atoms with Gasteiger partial charge in [-0.05, 0) is 29.6 Å². The molecular formula is C16H14F4N2O3S3. The van der Waals surface area contributed by atoms with E-state index in [1.807, 2.05) is 5.32 Å². The fraction of sp³-hybridized carbons (Fsp3) is 0.312. The molecule has 152 valence electrons. The Kier molecular flexibility index (Phi) is 6.03. The van der Waals surface area contributed by atoms with Gasteiger partial charge in [-0.1, -0.05) is 0 Å². The van der Waals surface area contributed by atoms with Crippen molar-refractivity contribution in [3.8, 4) is 0 Å². The van der Waals surface area contributed by atoms with Gasteiger partial charge in [0.15, 0.2) is 0 Å². The minimum Gasteiger partial charge on any atom is -0.319 e. The molecule has 12 heteroatoms. The van der Waals surface area contributed by atoms with E-state index in [0.29, 0.717) is 42.8 Å². The van der Waals surface area contributed by atoms with Crippen molar-refractivity contribution >= 4 is 44.7 Å². The summed E-state index contributed by atoms with van der Waals surface area (Å²) in [5.41, 5.74) is -1.81. The van der Waals surface area contributed by atoms with Gasteiger partial charge in [0.25, 0.3) is 5.91 Å². The Morgan fingerprint density at radius 1 is 1.14 bits per heavy atom. The third kappa shape index (κ3) is 4.34. The molecule has 3 rings (SSSR count). The smallest absolute Gasteiger partial charge is 0.319 e. The number of sulfonamides is 1. The molecule has 1 aliphatic rings. The highest BCUT2D eigenvalue weighted by atomic mass is 32.2. The predicted octanol–water partition coefficient (Wildman–Crippen LogP) is 3.90. The first-order chi connectivity index (χ1) is 13.1. The Hall–Kier alpha value is -1.63. The summed E-state index contributed by atoms with van der Waals surface area (Å²) in [6.07, 6.45) is -4.71. The fourth-order valence-corrected chi connectivity index (χ4v) is 6.44. The zero-order chi connectivity index (χ0) is 20.5. The zero-order valence-corrected chi connectivity index (χ0v) is 16.6. The summed E-state index contributed by atoms with van der Waals surface area (Å²) in [5, 5.41) is 3.44. The number of amides is 1. The monoisotopic (exact) mass is 454 g/mol. The lowest BCUT2D eigenvalue weighted by Gasteiger charge is -2.25. The highest BCUT2D eigenvalue weighted by Gasteiger charge is 2.33. The van der Waals surface area contributed by atoms with Gasteiger partial charge in [-0.3, -0.25) is 4.79 Å². The quantitative estimate of drug-likeness (QED) is 0.712. The zero-order valence-electron chi connectivity index (χ0n) is 14.1. The number of rotatable bonds is 4. The molecule has 2 aromatic rings. The third-order valence-corrected chi connectivity index (χ3v) is 7.89. The third-order valence-electron chi connectivity index (χ3n) is 3.97. The minimum atomic E-state index is -4.71. The van der Waals surface area contributed by atoms with Gasteiger partial charge in [0.2, 0.25) is 10.0 Å². The molecule has 1 aromatic carbocycles. The number of halogens is 4. The van der Waals surface area contributed by atoms with E-state index in [1.165, 1.54) is 15.8 Å². The number of thiophene rings is 1. The number of alkyl halides is 3. The maximum atomic E-state index is 13.9. The molecule has 1 aliphatic heterocycles. The van der Waals surface area contributed by atoms with Crippen LogP contribution in [0.3, 0.4) is 0 Å². The first-order valence-electron chi connectivity index (χ1n) is 7.94. The molecule has 0 radical (unpaired) electrons. The van der Waals surface area contributed by atoms with E-state index in [2.05, 4.69) is 0 Å². The number of benzene rings is 1. The molecule has 1 N–H and O–H groups in total. The van der Waals surface area contributed by atoms with Crippen LogP contribution < -0.4 is 5.32 Å². The van der Waals surface area contributed by atoms with Crippen molar-refractivity contribution in [3.05, 3.63) is 45.9 Å². The largest absolute Gasteiger partial charge is 0.416 e. The molecule has 0 aliphatic carbocycles. The number of nitrogens with one attached hydrogen (secondary N) is 1. The van der Waals surface area contributed by atoms with Crippen LogP contribution in [0.1, 0.15) is 15.2 Å². The van der Waals surface area contributed by atoms with Gasteiger partial charge in [-0.25, -0.2) is 12.8 Å². The van der Waals surface area contributed by atoms with Crippen LogP contribution in [0.5, 0.6) is 0 Å². The summed E-state index contributed by atoms with van der Waals surface area (Å²) in [5.74, 6) is -0.797. The Balaban J connectivity index is 1.89. The summed E-state index contributed by atoms with van der Waals surface area (Å²) in [6, 6.07) is 2.88. The summed E-state index contributed by atoms with van der Waals surface area (Å²) in [4.78, 5) is 12.0. The topological polar surface area (TPSA) is 66.5 Å². The van der Waals surface area contributed by atoms with Crippen LogP contribution in [-0.4, -0.2) is 43.2 Å². The van der Waals surface area contributed by atoms with E-state index in [9.17, 15) is 30.8 Å². The van der Waals surface area contributed by atoms with Crippen molar-refractivity contribution in [2.24, 2.45) is 0 Å². The lowest BCUT2D eigenvalue weighted by Crippen LogP contribution is -2.38. The van der Waals surface area contributed by atoms with Gasteiger partial charge in [-0.15, -0.1) is 11.3 Å². The van der Waals surface area contributed by atoms with E-state index in [-0.39, 0.29) is 9.77 Å². The van der Waals surface area contributed by atoms with Crippen LogP contribution in [0, 0.1) is 5.82 Å².